The first kappa shape index (κ1) is 23.8. The highest BCUT2D eigenvalue weighted by molar-refractivity contribution is 7.92. The summed E-state index contributed by atoms with van der Waals surface area (Å²) >= 11 is 0. The molecule has 0 aromatic heterocycles. The fraction of sp³-hybridized carbons (Fsp3) is 0.269. The Morgan fingerprint density at radius 3 is 2.56 bits per heavy atom. The van der Waals surface area contributed by atoms with E-state index in [1.807, 2.05) is 24.3 Å². The van der Waals surface area contributed by atoms with Crippen LogP contribution in [-0.2, 0) is 20.2 Å². The minimum absolute atomic E-state index is 0.213. The van der Waals surface area contributed by atoms with Gasteiger partial charge in [0.2, 0.25) is 0 Å². The quantitative estimate of drug-likeness (QED) is 0.445. The van der Waals surface area contributed by atoms with Gasteiger partial charge in [0.15, 0.2) is 0 Å². The number of hydrogen-bond acceptors (Lipinski definition) is 5. The van der Waals surface area contributed by atoms with E-state index in [-0.39, 0.29) is 17.4 Å². The molecule has 1 aliphatic heterocycles. The van der Waals surface area contributed by atoms with Crippen molar-refractivity contribution >= 4 is 27.4 Å². The lowest BCUT2D eigenvalue weighted by Gasteiger charge is -2.39. The molecule has 34 heavy (non-hydrogen) atoms. The number of carbonyl (C=O) groups excluding carboxylic acids is 1. The van der Waals surface area contributed by atoms with Crippen LogP contribution in [0.2, 0.25) is 0 Å². The molecule has 0 saturated carbocycles. The van der Waals surface area contributed by atoms with Crippen LogP contribution < -0.4 is 10.0 Å². The number of esters is 1. The van der Waals surface area contributed by atoms with Gasteiger partial charge in [0, 0.05) is 5.69 Å². The maximum absolute atomic E-state index is 14.2. The van der Waals surface area contributed by atoms with Crippen molar-refractivity contribution in [2.45, 2.75) is 43.5 Å². The first-order valence-electron chi connectivity index (χ1n) is 11.1. The molecule has 1 unspecified atom stereocenters. The number of nitrogens with one attached hydrogen (secondary N) is 2. The third-order valence-electron chi connectivity index (χ3n) is 6.01. The molecule has 4 rings (SSSR count). The number of ether oxygens (including phenoxy) is 1. The van der Waals surface area contributed by atoms with E-state index in [2.05, 4.69) is 23.9 Å². The Labute approximate surface area is 199 Å². The molecule has 0 fully saturated rings. The molecule has 6 nitrogen and oxygen atoms in total. The number of sulfonamides is 1. The molecule has 0 saturated heterocycles. The lowest BCUT2D eigenvalue weighted by Crippen LogP contribution is -2.32. The van der Waals surface area contributed by atoms with Gasteiger partial charge in [0.05, 0.1) is 23.9 Å². The molecular weight excluding hydrogens is 455 g/mol. The number of benzene rings is 3. The molecule has 1 atom stereocenters. The van der Waals surface area contributed by atoms with Gasteiger partial charge in [0.1, 0.15) is 10.7 Å². The number of anilines is 2. The van der Waals surface area contributed by atoms with Gasteiger partial charge in [-0.15, -0.1) is 0 Å². The number of para-hydroxylation sites is 1. The number of halogens is 1. The molecular formula is C26H27FN2O4S. The minimum atomic E-state index is -4.12. The summed E-state index contributed by atoms with van der Waals surface area (Å²) in [6.07, 6.45) is 0.644. The predicted molar refractivity (Wildman–Crippen MR) is 130 cm³/mol. The van der Waals surface area contributed by atoms with Crippen molar-refractivity contribution in [1.82, 2.24) is 0 Å². The van der Waals surface area contributed by atoms with Crippen LogP contribution in [0.3, 0.4) is 0 Å². The number of carbonyl (C=O) groups is 1. The summed E-state index contributed by atoms with van der Waals surface area (Å²) in [7, 11) is -4.12. The second-order valence-corrected chi connectivity index (χ2v) is 10.5. The van der Waals surface area contributed by atoms with Gasteiger partial charge in [-0.05, 0) is 66.3 Å². The zero-order valence-electron chi connectivity index (χ0n) is 19.3. The summed E-state index contributed by atoms with van der Waals surface area (Å²) in [6, 6.07) is 17.6. The highest BCUT2D eigenvalue weighted by atomic mass is 32.2. The monoisotopic (exact) mass is 482 g/mol. The molecule has 178 valence electrons. The summed E-state index contributed by atoms with van der Waals surface area (Å²) in [5.74, 6) is -1.17. The molecule has 0 aliphatic carbocycles. The zero-order valence-corrected chi connectivity index (χ0v) is 20.1. The maximum atomic E-state index is 14.2. The molecule has 1 heterocycles. The van der Waals surface area contributed by atoms with E-state index in [1.54, 1.807) is 25.1 Å². The van der Waals surface area contributed by atoms with Crippen molar-refractivity contribution in [2.75, 3.05) is 16.6 Å². The van der Waals surface area contributed by atoms with Gasteiger partial charge in [0.25, 0.3) is 10.0 Å². The topological polar surface area (TPSA) is 84.5 Å². The number of rotatable bonds is 6. The van der Waals surface area contributed by atoms with Gasteiger partial charge in [-0.25, -0.2) is 17.6 Å². The van der Waals surface area contributed by atoms with Crippen molar-refractivity contribution in [3.8, 4) is 0 Å². The molecule has 3 aromatic rings. The first-order chi connectivity index (χ1) is 16.1. The molecule has 0 spiro atoms. The second-order valence-electron chi connectivity index (χ2n) is 8.89. The van der Waals surface area contributed by atoms with E-state index >= 15 is 0 Å². The molecule has 8 heteroatoms. The van der Waals surface area contributed by atoms with Gasteiger partial charge in [-0.3, -0.25) is 4.72 Å². The highest BCUT2D eigenvalue weighted by Gasteiger charge is 2.35. The maximum Gasteiger partial charge on any atom is 0.338 e. The first-order valence-corrected chi connectivity index (χ1v) is 12.5. The van der Waals surface area contributed by atoms with Crippen molar-refractivity contribution in [2.24, 2.45) is 0 Å². The van der Waals surface area contributed by atoms with Crippen molar-refractivity contribution in [3.05, 3.63) is 89.2 Å². The largest absolute Gasteiger partial charge is 0.462 e. The summed E-state index contributed by atoms with van der Waals surface area (Å²) in [6.45, 7) is 6.24. The minimum Gasteiger partial charge on any atom is -0.462 e. The Morgan fingerprint density at radius 1 is 1.12 bits per heavy atom. The van der Waals surface area contributed by atoms with Crippen molar-refractivity contribution in [3.63, 3.8) is 0 Å². The average Bonchev–Trinajstić information content (AvgIpc) is 2.79. The average molecular weight is 483 g/mol. The summed E-state index contributed by atoms with van der Waals surface area (Å²) in [4.78, 5) is 11.8. The summed E-state index contributed by atoms with van der Waals surface area (Å²) in [5.41, 5.74) is 3.15. The highest BCUT2D eigenvalue weighted by Crippen LogP contribution is 2.45. The molecule has 2 N–H and O–H groups in total. The second kappa shape index (κ2) is 9.10. The van der Waals surface area contributed by atoms with E-state index in [4.69, 9.17) is 4.74 Å². The molecule has 0 amide bonds. The fourth-order valence-electron chi connectivity index (χ4n) is 4.37. The van der Waals surface area contributed by atoms with E-state index < -0.39 is 20.7 Å². The number of hydrogen-bond donors (Lipinski definition) is 2. The Morgan fingerprint density at radius 2 is 1.82 bits per heavy atom. The van der Waals surface area contributed by atoms with Crippen LogP contribution in [0.15, 0.2) is 71.6 Å². The lowest BCUT2D eigenvalue weighted by molar-refractivity contribution is 0.0526. The summed E-state index contributed by atoms with van der Waals surface area (Å²) in [5, 5.41) is 3.48. The molecule has 0 bridgehead atoms. The molecule has 3 aromatic carbocycles. The van der Waals surface area contributed by atoms with Crippen LogP contribution in [-0.4, -0.2) is 21.0 Å². The van der Waals surface area contributed by atoms with Gasteiger partial charge < -0.3 is 10.1 Å². The standard InChI is InChI=1S/C26H27FN2O4S/c1-4-33-25(30)17-13-14-22-19(15-17)26(2,3)16-23(28-22)18-9-5-7-11-21(18)29-34(31,32)24-12-8-6-10-20(24)27/h5-15,23,28-29H,4,16H2,1-3H3. The fourth-order valence-corrected chi connectivity index (χ4v) is 5.54. The third-order valence-corrected chi connectivity index (χ3v) is 7.41. The smallest absolute Gasteiger partial charge is 0.338 e. The molecule has 0 radical (unpaired) electrons. The third kappa shape index (κ3) is 4.63. The van der Waals surface area contributed by atoms with Crippen LogP contribution in [0.1, 0.15) is 54.7 Å². The Kier molecular flexibility index (Phi) is 6.36. The SMILES string of the molecule is CCOC(=O)c1ccc2c(c1)C(C)(C)CC(c1ccccc1NS(=O)(=O)c1ccccc1F)N2. The lowest BCUT2D eigenvalue weighted by atomic mass is 9.73. The van der Waals surface area contributed by atoms with Crippen LogP contribution in [0, 0.1) is 5.82 Å². The Bertz CT molecular complexity index is 1340. The Hall–Kier alpha value is -3.39. The van der Waals surface area contributed by atoms with Crippen LogP contribution >= 0.6 is 0 Å². The van der Waals surface area contributed by atoms with Gasteiger partial charge in [-0.1, -0.05) is 44.2 Å². The predicted octanol–water partition coefficient (Wildman–Crippen LogP) is 5.64. The van der Waals surface area contributed by atoms with E-state index in [9.17, 15) is 17.6 Å². The van der Waals surface area contributed by atoms with Crippen LogP contribution in [0.25, 0.3) is 0 Å². The van der Waals surface area contributed by atoms with E-state index in [0.717, 1.165) is 22.9 Å². The van der Waals surface area contributed by atoms with Crippen LogP contribution in [0.5, 0.6) is 0 Å². The van der Waals surface area contributed by atoms with Gasteiger partial charge >= 0.3 is 5.97 Å². The van der Waals surface area contributed by atoms with Gasteiger partial charge in [-0.2, -0.15) is 0 Å². The van der Waals surface area contributed by atoms with E-state index in [1.165, 1.54) is 18.2 Å². The Balaban J connectivity index is 1.67. The number of fused-ring (bicyclic) bond motifs is 1. The van der Waals surface area contributed by atoms with E-state index in [0.29, 0.717) is 24.3 Å². The van der Waals surface area contributed by atoms with Crippen molar-refractivity contribution in [1.29, 1.82) is 0 Å². The summed E-state index contributed by atoms with van der Waals surface area (Å²) < 4.78 is 47.7. The van der Waals surface area contributed by atoms with Crippen molar-refractivity contribution < 1.29 is 22.3 Å². The zero-order chi connectivity index (χ0) is 24.5. The normalized spacial score (nSPS) is 16.8. The molecule has 1 aliphatic rings. The van der Waals surface area contributed by atoms with Crippen LogP contribution in [0.4, 0.5) is 15.8 Å².